The molecular weight excluding hydrogens is 469 g/mol. The van der Waals surface area contributed by atoms with Gasteiger partial charge in [0.25, 0.3) is 5.56 Å². The van der Waals surface area contributed by atoms with Gasteiger partial charge in [-0.2, -0.15) is 0 Å². The van der Waals surface area contributed by atoms with Crippen molar-refractivity contribution in [1.29, 1.82) is 0 Å². The standard InChI is InChI=1S/C26H23ClFN5O2/c1-15-29-22-21(19-9-8-18(27)10-20(19)28)30-25(31-23(22)24(34)32(15)2)33-11-17-12-35-14-26(17,13-33)16-6-4-3-5-7-16/h3-10,17H,11-14H2,1-2H3/t17-,26+/m1/s1. The zero-order chi connectivity index (χ0) is 24.3. The zero-order valence-corrected chi connectivity index (χ0v) is 20.1. The number of hydrogen-bond acceptors (Lipinski definition) is 6. The van der Waals surface area contributed by atoms with E-state index in [-0.39, 0.29) is 44.2 Å². The van der Waals surface area contributed by atoms with E-state index in [0.717, 1.165) is 0 Å². The summed E-state index contributed by atoms with van der Waals surface area (Å²) in [6, 6.07) is 14.7. The van der Waals surface area contributed by atoms with Gasteiger partial charge < -0.3 is 9.64 Å². The molecule has 9 heteroatoms. The lowest BCUT2D eigenvalue weighted by atomic mass is 9.75. The summed E-state index contributed by atoms with van der Waals surface area (Å²) in [5.41, 5.74) is 1.66. The predicted molar refractivity (Wildman–Crippen MR) is 132 cm³/mol. The molecule has 0 unspecified atom stereocenters. The van der Waals surface area contributed by atoms with Crippen molar-refractivity contribution in [3.8, 4) is 11.3 Å². The number of ether oxygens (including phenoxy) is 1. The molecule has 0 N–H and O–H groups in total. The lowest BCUT2D eigenvalue weighted by Gasteiger charge is -2.28. The number of hydrogen-bond donors (Lipinski definition) is 0. The van der Waals surface area contributed by atoms with E-state index >= 15 is 4.39 Å². The average molecular weight is 492 g/mol. The largest absolute Gasteiger partial charge is 0.380 e. The highest BCUT2D eigenvalue weighted by molar-refractivity contribution is 6.30. The van der Waals surface area contributed by atoms with Gasteiger partial charge in [0.15, 0.2) is 5.52 Å². The molecule has 4 heterocycles. The van der Waals surface area contributed by atoms with Crippen molar-refractivity contribution < 1.29 is 9.13 Å². The molecule has 2 atom stereocenters. The Kier molecular flexibility index (Phi) is 5.12. The third-order valence-electron chi connectivity index (χ3n) is 7.33. The van der Waals surface area contributed by atoms with Gasteiger partial charge in [-0.1, -0.05) is 41.9 Å². The highest BCUT2D eigenvalue weighted by Crippen LogP contribution is 2.45. The molecule has 7 nitrogen and oxygen atoms in total. The molecule has 178 valence electrons. The van der Waals surface area contributed by atoms with Crippen LogP contribution in [0.25, 0.3) is 22.3 Å². The molecule has 2 aliphatic heterocycles. The van der Waals surface area contributed by atoms with Gasteiger partial charge in [0, 0.05) is 42.1 Å². The smallest absolute Gasteiger partial charge is 0.279 e. The Hall–Kier alpha value is -3.36. The topological polar surface area (TPSA) is 73.1 Å². The van der Waals surface area contributed by atoms with Crippen molar-refractivity contribution in [2.75, 3.05) is 31.2 Å². The minimum Gasteiger partial charge on any atom is -0.380 e. The van der Waals surface area contributed by atoms with Crippen LogP contribution in [0.5, 0.6) is 0 Å². The number of benzene rings is 2. The minimum absolute atomic E-state index is 0.162. The van der Waals surface area contributed by atoms with Crippen molar-refractivity contribution >= 4 is 28.6 Å². The summed E-state index contributed by atoms with van der Waals surface area (Å²) in [6.07, 6.45) is 0. The van der Waals surface area contributed by atoms with Crippen molar-refractivity contribution in [2.45, 2.75) is 12.3 Å². The van der Waals surface area contributed by atoms with Crippen LogP contribution in [0.2, 0.25) is 5.02 Å². The van der Waals surface area contributed by atoms with Crippen molar-refractivity contribution in [2.24, 2.45) is 13.0 Å². The predicted octanol–water partition coefficient (Wildman–Crippen LogP) is 3.90. The molecule has 2 aromatic carbocycles. The monoisotopic (exact) mass is 491 g/mol. The van der Waals surface area contributed by atoms with Crippen LogP contribution in [-0.4, -0.2) is 45.8 Å². The van der Waals surface area contributed by atoms with Gasteiger partial charge in [0.1, 0.15) is 22.9 Å². The number of aromatic nitrogens is 4. The van der Waals surface area contributed by atoms with Gasteiger partial charge in [-0.05, 0) is 30.7 Å². The average Bonchev–Trinajstić information content (AvgIpc) is 3.42. The van der Waals surface area contributed by atoms with Crippen molar-refractivity contribution in [3.05, 3.63) is 81.1 Å². The summed E-state index contributed by atoms with van der Waals surface area (Å²) in [7, 11) is 1.65. The normalized spacial score (nSPS) is 21.6. The first-order valence-corrected chi connectivity index (χ1v) is 11.8. The van der Waals surface area contributed by atoms with Crippen LogP contribution in [0, 0.1) is 18.7 Å². The highest BCUT2D eigenvalue weighted by Gasteiger charge is 2.52. The first kappa shape index (κ1) is 22.1. The number of halogens is 2. The molecular formula is C26H23ClFN5O2. The Bertz CT molecular complexity index is 1530. The van der Waals surface area contributed by atoms with Gasteiger partial charge in [0.2, 0.25) is 5.95 Å². The Morgan fingerprint density at radius 2 is 1.91 bits per heavy atom. The molecule has 35 heavy (non-hydrogen) atoms. The molecule has 0 saturated carbocycles. The second-order valence-corrected chi connectivity index (χ2v) is 9.77. The van der Waals surface area contributed by atoms with Gasteiger partial charge in [-0.15, -0.1) is 0 Å². The fourth-order valence-electron chi connectivity index (χ4n) is 5.32. The fourth-order valence-corrected chi connectivity index (χ4v) is 5.48. The lowest BCUT2D eigenvalue weighted by molar-refractivity contribution is 0.172. The first-order valence-electron chi connectivity index (χ1n) is 11.5. The van der Waals surface area contributed by atoms with E-state index in [1.54, 1.807) is 26.1 Å². The van der Waals surface area contributed by atoms with Crippen LogP contribution in [0.3, 0.4) is 0 Å². The van der Waals surface area contributed by atoms with E-state index in [1.165, 1.54) is 16.2 Å². The Morgan fingerprint density at radius 3 is 2.69 bits per heavy atom. The Balaban J connectivity index is 1.54. The maximum atomic E-state index is 15.0. The van der Waals surface area contributed by atoms with E-state index in [4.69, 9.17) is 21.3 Å². The number of rotatable bonds is 3. The quantitative estimate of drug-likeness (QED) is 0.433. The summed E-state index contributed by atoms with van der Waals surface area (Å²) in [4.78, 5) is 29.3. The van der Waals surface area contributed by atoms with Crippen molar-refractivity contribution in [3.63, 3.8) is 0 Å². The molecule has 0 radical (unpaired) electrons. The van der Waals surface area contributed by atoms with Crippen molar-refractivity contribution in [1.82, 2.24) is 19.5 Å². The molecule has 4 aromatic rings. The summed E-state index contributed by atoms with van der Waals surface area (Å²) in [5, 5.41) is 0.280. The van der Waals surface area contributed by atoms with Crippen LogP contribution >= 0.6 is 11.6 Å². The van der Waals surface area contributed by atoms with Gasteiger partial charge in [-0.3, -0.25) is 9.36 Å². The van der Waals surface area contributed by atoms with Gasteiger partial charge >= 0.3 is 0 Å². The van der Waals surface area contributed by atoms with Gasteiger partial charge in [0.05, 0.1) is 13.2 Å². The third kappa shape index (κ3) is 3.43. The first-order chi connectivity index (χ1) is 16.9. The third-order valence-corrected chi connectivity index (χ3v) is 7.57. The summed E-state index contributed by atoms with van der Waals surface area (Å²) in [5.74, 6) is 0.592. The summed E-state index contributed by atoms with van der Waals surface area (Å²) >= 11 is 6.00. The van der Waals surface area contributed by atoms with Crippen LogP contribution in [0.4, 0.5) is 10.3 Å². The van der Waals surface area contributed by atoms with E-state index < -0.39 is 5.82 Å². The maximum Gasteiger partial charge on any atom is 0.279 e. The number of aryl methyl sites for hydroxylation is 1. The molecule has 6 rings (SSSR count). The molecule has 2 aliphatic rings. The minimum atomic E-state index is -0.531. The molecule has 2 aromatic heterocycles. The van der Waals surface area contributed by atoms with E-state index in [2.05, 4.69) is 27.0 Å². The SMILES string of the molecule is Cc1nc2c(-c3ccc(Cl)cc3F)nc(N3C[C@@H]4COC[C@]4(c4ccccc4)C3)nc2c(=O)n1C. The van der Waals surface area contributed by atoms with Crippen LogP contribution < -0.4 is 10.5 Å². The van der Waals surface area contributed by atoms with Crippen LogP contribution in [0.1, 0.15) is 11.4 Å². The second-order valence-electron chi connectivity index (χ2n) is 9.33. The van der Waals surface area contributed by atoms with E-state index in [0.29, 0.717) is 38.1 Å². The van der Waals surface area contributed by atoms with Crippen LogP contribution in [-0.2, 0) is 17.2 Å². The molecule has 0 amide bonds. The second kappa shape index (κ2) is 8.10. The van der Waals surface area contributed by atoms with E-state index in [1.807, 2.05) is 18.2 Å². The Labute approximate surface area is 206 Å². The van der Waals surface area contributed by atoms with E-state index in [9.17, 15) is 4.79 Å². The molecule has 0 spiro atoms. The highest BCUT2D eigenvalue weighted by atomic mass is 35.5. The molecule has 2 fully saturated rings. The van der Waals surface area contributed by atoms with Gasteiger partial charge in [-0.25, -0.2) is 19.3 Å². The number of anilines is 1. The summed E-state index contributed by atoms with van der Waals surface area (Å²) in [6.45, 7) is 4.27. The Morgan fingerprint density at radius 1 is 1.11 bits per heavy atom. The molecule has 0 aliphatic carbocycles. The zero-order valence-electron chi connectivity index (χ0n) is 19.3. The number of nitrogens with zero attached hydrogens (tertiary/aromatic N) is 5. The summed E-state index contributed by atoms with van der Waals surface area (Å²) < 4.78 is 22.4. The van der Waals surface area contributed by atoms with Crippen LogP contribution in [0.15, 0.2) is 53.3 Å². The molecule has 2 saturated heterocycles. The molecule has 0 bridgehead atoms. The lowest BCUT2D eigenvalue weighted by Crippen LogP contribution is -2.36. The maximum absolute atomic E-state index is 15.0. The fraction of sp³-hybridized carbons (Fsp3) is 0.308. The number of fused-ring (bicyclic) bond motifs is 2.